The molecule has 1 unspecified atom stereocenters. The van der Waals surface area contributed by atoms with E-state index in [9.17, 15) is 0 Å². The van der Waals surface area contributed by atoms with Gasteiger partial charge in [-0.05, 0) is 25.7 Å². The third-order valence-corrected chi connectivity index (χ3v) is 2.02. The van der Waals surface area contributed by atoms with Crippen LogP contribution in [0.1, 0.15) is 53.4 Å². The van der Waals surface area contributed by atoms with E-state index in [0.717, 1.165) is 12.5 Å². The molecule has 0 aliphatic heterocycles. The molecule has 1 nitrogen and oxygen atoms in total. The summed E-state index contributed by atoms with van der Waals surface area (Å²) in [6.07, 6.45) is 5.55. The van der Waals surface area contributed by atoms with Crippen LogP contribution in [0, 0.1) is 5.92 Å². The van der Waals surface area contributed by atoms with Gasteiger partial charge < -0.3 is 4.74 Å². The van der Waals surface area contributed by atoms with Gasteiger partial charge in [-0.2, -0.15) is 0 Å². The van der Waals surface area contributed by atoms with E-state index in [1.807, 2.05) is 0 Å². The molecule has 0 heterocycles. The summed E-state index contributed by atoms with van der Waals surface area (Å²) in [5, 5.41) is 0. The number of unbranched alkanes of at least 4 members (excludes halogenated alkanes) is 1. The van der Waals surface area contributed by atoms with Crippen LogP contribution in [-0.4, -0.2) is 12.7 Å². The van der Waals surface area contributed by atoms with E-state index in [4.69, 9.17) is 4.74 Å². The molecule has 0 aliphatic rings. The van der Waals surface area contributed by atoms with Gasteiger partial charge in [0, 0.05) is 6.61 Å². The Morgan fingerprint density at radius 3 is 2.25 bits per heavy atom. The van der Waals surface area contributed by atoms with Crippen molar-refractivity contribution in [1.29, 1.82) is 0 Å². The van der Waals surface area contributed by atoms with E-state index >= 15 is 0 Å². The molecule has 0 radical (unpaired) electrons. The summed E-state index contributed by atoms with van der Waals surface area (Å²) < 4.78 is 5.65. The van der Waals surface area contributed by atoms with Gasteiger partial charge in [-0.1, -0.05) is 33.6 Å². The molecule has 1 atom stereocenters. The summed E-state index contributed by atoms with van der Waals surface area (Å²) in [4.78, 5) is 0. The van der Waals surface area contributed by atoms with Gasteiger partial charge in [0.2, 0.25) is 0 Å². The Labute approximate surface area is 77.5 Å². The fraction of sp³-hybridized carbons (Fsp3) is 1.00. The van der Waals surface area contributed by atoms with Crippen LogP contribution in [0.3, 0.4) is 0 Å². The van der Waals surface area contributed by atoms with E-state index < -0.39 is 0 Å². The minimum absolute atomic E-state index is 0.509. The molecular formula is C11H24O. The molecule has 0 rings (SSSR count). The zero-order valence-corrected chi connectivity index (χ0v) is 9.10. The van der Waals surface area contributed by atoms with E-state index in [-0.39, 0.29) is 0 Å². The van der Waals surface area contributed by atoms with Crippen LogP contribution in [0.15, 0.2) is 0 Å². The Morgan fingerprint density at radius 2 is 1.83 bits per heavy atom. The van der Waals surface area contributed by atoms with Crippen LogP contribution < -0.4 is 0 Å². The van der Waals surface area contributed by atoms with Crippen LogP contribution in [0.2, 0.25) is 0 Å². The summed E-state index contributed by atoms with van der Waals surface area (Å²) in [5.74, 6) is 0.762. The van der Waals surface area contributed by atoms with Gasteiger partial charge in [-0.25, -0.2) is 0 Å². The van der Waals surface area contributed by atoms with Crippen molar-refractivity contribution >= 4 is 0 Å². The van der Waals surface area contributed by atoms with E-state index in [0.29, 0.717) is 6.10 Å². The highest BCUT2D eigenvalue weighted by atomic mass is 16.5. The first-order valence-electron chi connectivity index (χ1n) is 5.32. The van der Waals surface area contributed by atoms with Gasteiger partial charge >= 0.3 is 0 Å². The lowest BCUT2D eigenvalue weighted by Crippen LogP contribution is -2.15. The first-order valence-corrected chi connectivity index (χ1v) is 5.32. The maximum atomic E-state index is 5.65. The normalized spacial score (nSPS) is 13.8. The fourth-order valence-corrected chi connectivity index (χ4v) is 1.46. The largest absolute Gasteiger partial charge is 0.378 e. The van der Waals surface area contributed by atoms with Crippen molar-refractivity contribution < 1.29 is 4.74 Å². The van der Waals surface area contributed by atoms with Crippen molar-refractivity contribution in [3.8, 4) is 0 Å². The fourth-order valence-electron chi connectivity index (χ4n) is 1.46. The van der Waals surface area contributed by atoms with Crippen molar-refractivity contribution in [2.75, 3.05) is 6.61 Å². The maximum Gasteiger partial charge on any atom is 0.0577 e. The molecule has 12 heavy (non-hydrogen) atoms. The van der Waals surface area contributed by atoms with Gasteiger partial charge in [0.05, 0.1) is 6.10 Å². The third-order valence-electron chi connectivity index (χ3n) is 2.02. The number of rotatable bonds is 7. The molecule has 1 heteroatoms. The van der Waals surface area contributed by atoms with Crippen LogP contribution in [0.5, 0.6) is 0 Å². The van der Waals surface area contributed by atoms with E-state index in [1.165, 1.54) is 25.7 Å². The predicted molar refractivity (Wildman–Crippen MR) is 54.4 cm³/mol. The van der Waals surface area contributed by atoms with Crippen molar-refractivity contribution in [3.63, 3.8) is 0 Å². The van der Waals surface area contributed by atoms with Crippen LogP contribution in [0.25, 0.3) is 0 Å². The molecule has 0 N–H and O–H groups in total. The minimum Gasteiger partial charge on any atom is -0.378 e. The Kier molecular flexibility index (Phi) is 7.58. The van der Waals surface area contributed by atoms with Gasteiger partial charge in [-0.15, -0.1) is 0 Å². The number of ether oxygens (including phenoxy) is 1. The van der Waals surface area contributed by atoms with Crippen molar-refractivity contribution in [2.24, 2.45) is 5.92 Å². The minimum atomic E-state index is 0.509. The van der Waals surface area contributed by atoms with Gasteiger partial charge in [0.15, 0.2) is 0 Å². The van der Waals surface area contributed by atoms with E-state index in [1.54, 1.807) is 0 Å². The molecule has 0 aliphatic carbocycles. The first-order chi connectivity index (χ1) is 5.70. The molecule has 0 spiro atoms. The quantitative estimate of drug-likeness (QED) is 0.570. The van der Waals surface area contributed by atoms with Crippen molar-refractivity contribution in [2.45, 2.75) is 59.5 Å². The molecule has 0 fully saturated rings. The number of hydrogen-bond donors (Lipinski definition) is 0. The lowest BCUT2D eigenvalue weighted by atomic mass is 10.0. The summed E-state index contributed by atoms with van der Waals surface area (Å²) >= 11 is 0. The molecule has 0 aromatic rings. The lowest BCUT2D eigenvalue weighted by molar-refractivity contribution is 0.0407. The highest BCUT2D eigenvalue weighted by molar-refractivity contribution is 4.60. The SMILES string of the molecule is CCCCC(CC(C)C)OCC. The molecule has 0 amide bonds. The average Bonchev–Trinajstić information content (AvgIpc) is 2.00. The average molecular weight is 172 g/mol. The van der Waals surface area contributed by atoms with Crippen LogP contribution in [-0.2, 0) is 4.74 Å². The Hall–Kier alpha value is -0.0400. The predicted octanol–water partition coefficient (Wildman–Crippen LogP) is 3.63. The zero-order valence-electron chi connectivity index (χ0n) is 9.10. The first kappa shape index (κ1) is 12.0. The second-order valence-electron chi connectivity index (χ2n) is 3.85. The van der Waals surface area contributed by atoms with Gasteiger partial charge in [-0.3, -0.25) is 0 Å². The summed E-state index contributed by atoms with van der Waals surface area (Å²) in [5.41, 5.74) is 0. The zero-order chi connectivity index (χ0) is 9.40. The summed E-state index contributed by atoms with van der Waals surface area (Å²) in [6, 6.07) is 0. The molecule has 0 aromatic carbocycles. The number of hydrogen-bond acceptors (Lipinski definition) is 1. The second-order valence-corrected chi connectivity index (χ2v) is 3.85. The lowest BCUT2D eigenvalue weighted by Gasteiger charge is -2.18. The van der Waals surface area contributed by atoms with Crippen LogP contribution in [0.4, 0.5) is 0 Å². The monoisotopic (exact) mass is 172 g/mol. The molecule has 74 valence electrons. The van der Waals surface area contributed by atoms with Crippen LogP contribution >= 0.6 is 0 Å². The molecule has 0 saturated carbocycles. The van der Waals surface area contributed by atoms with Gasteiger partial charge in [0.1, 0.15) is 0 Å². The van der Waals surface area contributed by atoms with Gasteiger partial charge in [0.25, 0.3) is 0 Å². The standard InChI is InChI=1S/C11H24O/c1-5-7-8-11(12-6-2)9-10(3)4/h10-11H,5-9H2,1-4H3. The third kappa shape index (κ3) is 6.66. The Morgan fingerprint density at radius 1 is 1.17 bits per heavy atom. The van der Waals surface area contributed by atoms with Crippen molar-refractivity contribution in [1.82, 2.24) is 0 Å². The molecular weight excluding hydrogens is 148 g/mol. The highest BCUT2D eigenvalue weighted by Crippen LogP contribution is 2.14. The molecule has 0 saturated heterocycles. The second kappa shape index (κ2) is 7.60. The Bertz CT molecular complexity index is 89.0. The van der Waals surface area contributed by atoms with E-state index in [2.05, 4.69) is 27.7 Å². The molecule has 0 aromatic heterocycles. The smallest absolute Gasteiger partial charge is 0.0577 e. The Balaban J connectivity index is 3.54. The summed E-state index contributed by atoms with van der Waals surface area (Å²) in [6.45, 7) is 9.70. The maximum absolute atomic E-state index is 5.65. The van der Waals surface area contributed by atoms with Crippen molar-refractivity contribution in [3.05, 3.63) is 0 Å². The topological polar surface area (TPSA) is 9.23 Å². The summed E-state index contributed by atoms with van der Waals surface area (Å²) in [7, 11) is 0. The highest BCUT2D eigenvalue weighted by Gasteiger charge is 2.09. The molecule has 0 bridgehead atoms.